The number of rotatable bonds is 6. The smallest absolute Gasteiger partial charge is 0.138 e. The molecule has 3 aromatic carbocycles. The monoisotopic (exact) mass is 384 g/mol. The van der Waals surface area contributed by atoms with Gasteiger partial charge in [0.1, 0.15) is 5.82 Å². The predicted octanol–water partition coefficient (Wildman–Crippen LogP) is 8.21. The zero-order valence-corrected chi connectivity index (χ0v) is 17.0. The number of benzene rings is 3. The third kappa shape index (κ3) is 4.34. The Balaban J connectivity index is 1.46. The van der Waals surface area contributed by atoms with E-state index in [-0.39, 0.29) is 5.82 Å². The lowest BCUT2D eigenvalue weighted by Gasteiger charge is -2.26. The van der Waals surface area contributed by atoms with Gasteiger partial charge in [0, 0.05) is 10.9 Å². The van der Waals surface area contributed by atoms with Gasteiger partial charge in [-0.15, -0.1) is 6.58 Å². The molecule has 0 unspecified atom stereocenters. The fourth-order valence-electron chi connectivity index (χ4n) is 4.59. The molecule has 0 atom stereocenters. The molecule has 0 saturated heterocycles. The summed E-state index contributed by atoms with van der Waals surface area (Å²) in [6.45, 7) is 7.72. The Kier molecular flexibility index (Phi) is 5.94. The van der Waals surface area contributed by atoms with E-state index in [1.165, 1.54) is 37.7 Å². The van der Waals surface area contributed by atoms with Crippen LogP contribution in [-0.2, 0) is 6.42 Å². The van der Waals surface area contributed by atoms with Gasteiger partial charge in [-0.2, -0.15) is 0 Å². The van der Waals surface area contributed by atoms with Gasteiger partial charge in [0.25, 0.3) is 0 Å². The summed E-state index contributed by atoms with van der Waals surface area (Å²) in [5.41, 5.74) is 3.95. The molecule has 148 valence electrons. The van der Waals surface area contributed by atoms with E-state index in [4.69, 9.17) is 0 Å². The molecule has 1 saturated carbocycles. The van der Waals surface area contributed by atoms with Gasteiger partial charge in [-0.1, -0.05) is 67.3 Å². The topological polar surface area (TPSA) is 0 Å². The highest BCUT2D eigenvalue weighted by Gasteiger charge is 2.19. The van der Waals surface area contributed by atoms with Crippen molar-refractivity contribution in [3.63, 3.8) is 0 Å². The maximum atomic E-state index is 15.1. The van der Waals surface area contributed by atoms with Crippen LogP contribution in [0, 0.1) is 17.7 Å². The van der Waals surface area contributed by atoms with Gasteiger partial charge in [-0.05, 0) is 78.5 Å². The Labute approximate surface area is 173 Å². The Morgan fingerprint density at radius 2 is 1.66 bits per heavy atom. The molecule has 0 radical (unpaired) electrons. The van der Waals surface area contributed by atoms with Crippen LogP contribution in [0.3, 0.4) is 0 Å². The fourth-order valence-corrected chi connectivity index (χ4v) is 4.59. The molecule has 1 heteroatoms. The number of hydrogen-bond donors (Lipinski definition) is 0. The number of hydrogen-bond acceptors (Lipinski definition) is 0. The van der Waals surface area contributed by atoms with Crippen molar-refractivity contribution < 1.29 is 4.39 Å². The van der Waals surface area contributed by atoms with Gasteiger partial charge in [-0.3, -0.25) is 0 Å². The van der Waals surface area contributed by atoms with E-state index < -0.39 is 0 Å². The molecule has 4 rings (SSSR count). The second-order valence-corrected chi connectivity index (χ2v) is 8.36. The molecule has 1 fully saturated rings. The first-order valence-electron chi connectivity index (χ1n) is 10.7. The summed E-state index contributed by atoms with van der Waals surface area (Å²) in [6.07, 6.45) is 11.5. The Hall–Kier alpha value is -2.67. The van der Waals surface area contributed by atoms with Crippen molar-refractivity contribution in [3.05, 3.63) is 90.8 Å². The van der Waals surface area contributed by atoms with Gasteiger partial charge >= 0.3 is 0 Å². The largest absolute Gasteiger partial charge is 0.206 e. The lowest BCUT2D eigenvalue weighted by molar-refractivity contribution is 0.296. The van der Waals surface area contributed by atoms with Gasteiger partial charge < -0.3 is 0 Å². The fraction of sp³-hybridized carbons (Fsp3) is 0.286. The van der Waals surface area contributed by atoms with Crippen LogP contribution < -0.4 is 0 Å². The molecule has 0 spiro atoms. The molecular formula is C28H29F. The van der Waals surface area contributed by atoms with Crippen molar-refractivity contribution in [3.8, 4) is 11.1 Å². The second kappa shape index (κ2) is 8.78. The van der Waals surface area contributed by atoms with Gasteiger partial charge in [-0.25, -0.2) is 4.39 Å². The third-order valence-corrected chi connectivity index (χ3v) is 6.54. The normalized spacial score (nSPS) is 19.2. The number of fused-ring (bicyclic) bond motifs is 1. The van der Waals surface area contributed by atoms with E-state index in [1.807, 2.05) is 30.3 Å². The van der Waals surface area contributed by atoms with Crippen molar-refractivity contribution in [1.82, 2.24) is 0 Å². The van der Waals surface area contributed by atoms with Crippen LogP contribution in [0.1, 0.15) is 43.2 Å². The molecule has 0 N–H and O–H groups in total. The summed E-state index contributed by atoms with van der Waals surface area (Å²) in [5, 5.41) is 1.57. The molecule has 0 nitrogen and oxygen atoms in total. The van der Waals surface area contributed by atoms with E-state index >= 15 is 4.39 Å². The number of allylic oxidation sites excluding steroid dienone is 1. The van der Waals surface area contributed by atoms with Crippen molar-refractivity contribution in [2.45, 2.75) is 38.5 Å². The number of halogens is 1. The zero-order chi connectivity index (χ0) is 20.2. The Morgan fingerprint density at radius 1 is 0.897 bits per heavy atom. The highest BCUT2D eigenvalue weighted by atomic mass is 19.1. The van der Waals surface area contributed by atoms with Crippen LogP contribution in [0.4, 0.5) is 4.39 Å². The summed E-state index contributed by atoms with van der Waals surface area (Å²) in [6, 6.07) is 18.1. The van der Waals surface area contributed by atoms with E-state index in [0.29, 0.717) is 10.9 Å². The molecule has 0 bridgehead atoms. The summed E-state index contributed by atoms with van der Waals surface area (Å²) in [4.78, 5) is 0. The average molecular weight is 385 g/mol. The minimum Gasteiger partial charge on any atom is -0.206 e. The summed E-state index contributed by atoms with van der Waals surface area (Å²) < 4.78 is 15.1. The van der Waals surface area contributed by atoms with E-state index in [1.54, 1.807) is 6.08 Å². The molecule has 0 amide bonds. The van der Waals surface area contributed by atoms with Crippen molar-refractivity contribution in [2.24, 2.45) is 11.8 Å². The van der Waals surface area contributed by atoms with Crippen LogP contribution in [0.15, 0.2) is 73.8 Å². The first kappa shape index (κ1) is 19.6. The second-order valence-electron chi connectivity index (χ2n) is 8.36. The molecular weight excluding hydrogens is 355 g/mol. The molecule has 3 aromatic rings. The minimum atomic E-state index is -0.148. The average Bonchev–Trinajstić information content (AvgIpc) is 2.78. The highest BCUT2D eigenvalue weighted by Crippen LogP contribution is 2.33. The molecule has 29 heavy (non-hydrogen) atoms. The van der Waals surface area contributed by atoms with Crippen LogP contribution in [0.25, 0.3) is 28.0 Å². The third-order valence-electron chi connectivity index (χ3n) is 6.54. The lowest BCUT2D eigenvalue weighted by atomic mass is 9.79. The maximum Gasteiger partial charge on any atom is 0.138 e. The maximum absolute atomic E-state index is 15.1. The van der Waals surface area contributed by atoms with E-state index in [9.17, 15) is 0 Å². The lowest BCUT2D eigenvalue weighted by Crippen LogP contribution is -2.13. The van der Waals surface area contributed by atoms with Crippen molar-refractivity contribution in [1.29, 1.82) is 0 Å². The van der Waals surface area contributed by atoms with Gasteiger partial charge in [0.05, 0.1) is 0 Å². The van der Waals surface area contributed by atoms with Gasteiger partial charge in [0.2, 0.25) is 0 Å². The molecule has 0 heterocycles. The van der Waals surface area contributed by atoms with Crippen LogP contribution in [0.5, 0.6) is 0 Å². The summed E-state index contributed by atoms with van der Waals surface area (Å²) >= 11 is 0. The zero-order valence-electron chi connectivity index (χ0n) is 17.0. The molecule has 0 aromatic heterocycles. The summed E-state index contributed by atoms with van der Waals surface area (Å²) in [5.74, 6) is 1.42. The molecule has 0 aliphatic heterocycles. The SMILES string of the molecule is C=Cc1ccc2c(F)c(-c3ccc(CCC4CCC(C=C)CC4)cc3)ccc2c1. The van der Waals surface area contributed by atoms with E-state index in [2.05, 4.69) is 43.5 Å². The van der Waals surface area contributed by atoms with Gasteiger partial charge in [0.15, 0.2) is 0 Å². The van der Waals surface area contributed by atoms with Crippen LogP contribution in [0.2, 0.25) is 0 Å². The molecule has 1 aliphatic carbocycles. The first-order valence-corrected chi connectivity index (χ1v) is 10.7. The highest BCUT2D eigenvalue weighted by molar-refractivity contribution is 5.89. The molecule has 1 aliphatic rings. The van der Waals surface area contributed by atoms with E-state index in [0.717, 1.165) is 34.8 Å². The van der Waals surface area contributed by atoms with Crippen molar-refractivity contribution >= 4 is 16.8 Å². The van der Waals surface area contributed by atoms with Crippen LogP contribution in [-0.4, -0.2) is 0 Å². The first-order chi connectivity index (χ1) is 14.2. The summed E-state index contributed by atoms with van der Waals surface area (Å²) in [7, 11) is 0. The van der Waals surface area contributed by atoms with Crippen LogP contribution >= 0.6 is 0 Å². The standard InChI is InChI=1S/C28H29F/c1-3-20-5-7-22(8-6-20)9-10-23-11-14-24(15-12-23)26-18-16-25-19-21(4-2)13-17-27(25)28(26)29/h3-4,11-20,22H,1-2,5-10H2. The van der Waals surface area contributed by atoms with Crippen molar-refractivity contribution in [2.75, 3.05) is 0 Å². The quantitative estimate of drug-likeness (QED) is 0.376. The number of aryl methyl sites for hydroxylation is 1. The predicted molar refractivity (Wildman–Crippen MR) is 123 cm³/mol. The Bertz CT molecular complexity index is 1000. The minimum absolute atomic E-state index is 0.148. The Morgan fingerprint density at radius 3 is 2.34 bits per heavy atom.